The van der Waals surface area contributed by atoms with Crippen molar-refractivity contribution in [2.75, 3.05) is 13.2 Å². The van der Waals surface area contributed by atoms with Gasteiger partial charge >= 0.3 is 17.9 Å². The SMILES string of the molecule is CC\C=C/C=C\C=C/C=C\CCCCCCCC(=O)OCC(COC(=O)CCCCCCC\C=C/C=C\C=C/C=C\CCCCC)OC(=O)CCCCCCCCCCCCCCCCCCCC. The van der Waals surface area contributed by atoms with Crippen molar-refractivity contribution in [1.29, 1.82) is 0 Å². The Morgan fingerprint density at radius 3 is 0.913 bits per heavy atom. The minimum absolute atomic E-state index is 0.0967. The molecule has 0 saturated heterocycles. The molecule has 0 rings (SSSR count). The summed E-state index contributed by atoms with van der Waals surface area (Å²) in [4.78, 5) is 38.2. The number of hydrogen-bond donors (Lipinski definition) is 0. The average molecular weight is 960 g/mol. The predicted molar refractivity (Wildman–Crippen MR) is 297 cm³/mol. The molecule has 0 saturated carbocycles. The van der Waals surface area contributed by atoms with E-state index in [-0.39, 0.29) is 31.1 Å². The molecule has 0 aromatic heterocycles. The van der Waals surface area contributed by atoms with Gasteiger partial charge in [-0.25, -0.2) is 0 Å². The molecule has 0 aromatic rings. The van der Waals surface area contributed by atoms with Crippen LogP contribution in [0.5, 0.6) is 0 Å². The molecule has 394 valence electrons. The van der Waals surface area contributed by atoms with Crippen LogP contribution >= 0.6 is 0 Å². The molecule has 0 fully saturated rings. The second kappa shape index (κ2) is 56.9. The van der Waals surface area contributed by atoms with Gasteiger partial charge in [0, 0.05) is 19.3 Å². The molecule has 6 nitrogen and oxygen atoms in total. The highest BCUT2D eigenvalue weighted by Gasteiger charge is 2.19. The molecule has 0 aliphatic rings. The first-order valence-electron chi connectivity index (χ1n) is 28.8. The van der Waals surface area contributed by atoms with Crippen molar-refractivity contribution >= 4 is 17.9 Å². The molecule has 0 radical (unpaired) electrons. The normalized spacial score (nSPS) is 12.8. The van der Waals surface area contributed by atoms with E-state index in [9.17, 15) is 14.4 Å². The van der Waals surface area contributed by atoms with Crippen molar-refractivity contribution in [3.05, 3.63) is 97.2 Å². The molecular weight excluding hydrogens is 853 g/mol. The van der Waals surface area contributed by atoms with E-state index >= 15 is 0 Å². The van der Waals surface area contributed by atoms with Crippen LogP contribution in [0.1, 0.15) is 265 Å². The molecule has 0 N–H and O–H groups in total. The Kier molecular flexibility index (Phi) is 53.9. The minimum Gasteiger partial charge on any atom is -0.462 e. The second-order valence-corrected chi connectivity index (χ2v) is 19.0. The number of hydrogen-bond acceptors (Lipinski definition) is 6. The second-order valence-electron chi connectivity index (χ2n) is 19.0. The van der Waals surface area contributed by atoms with Gasteiger partial charge in [0.05, 0.1) is 0 Å². The molecule has 0 heterocycles. The fourth-order valence-corrected chi connectivity index (χ4v) is 7.94. The monoisotopic (exact) mass is 959 g/mol. The average Bonchev–Trinajstić information content (AvgIpc) is 3.35. The van der Waals surface area contributed by atoms with Gasteiger partial charge < -0.3 is 14.2 Å². The molecule has 0 amide bonds. The summed E-state index contributed by atoms with van der Waals surface area (Å²) in [6.45, 7) is 6.44. The van der Waals surface area contributed by atoms with Crippen molar-refractivity contribution in [1.82, 2.24) is 0 Å². The van der Waals surface area contributed by atoms with E-state index in [4.69, 9.17) is 14.2 Å². The van der Waals surface area contributed by atoms with Crippen LogP contribution < -0.4 is 0 Å². The topological polar surface area (TPSA) is 78.9 Å². The Bertz CT molecular complexity index is 1380. The Labute approximate surface area is 426 Å². The van der Waals surface area contributed by atoms with Gasteiger partial charge in [-0.3, -0.25) is 14.4 Å². The molecular formula is C63H106O6. The molecule has 0 aromatic carbocycles. The summed E-state index contributed by atoms with van der Waals surface area (Å²) in [5, 5.41) is 0. The summed E-state index contributed by atoms with van der Waals surface area (Å²) in [6.07, 6.45) is 75.3. The highest BCUT2D eigenvalue weighted by molar-refractivity contribution is 5.71. The Morgan fingerprint density at radius 2 is 0.565 bits per heavy atom. The summed E-state index contributed by atoms with van der Waals surface area (Å²) in [5.74, 6) is -0.934. The van der Waals surface area contributed by atoms with Crippen LogP contribution in [-0.2, 0) is 28.6 Å². The third-order valence-corrected chi connectivity index (χ3v) is 12.3. The molecule has 1 atom stereocenters. The first-order chi connectivity index (χ1) is 34.0. The molecule has 1 unspecified atom stereocenters. The van der Waals surface area contributed by atoms with Crippen LogP contribution in [-0.4, -0.2) is 37.2 Å². The standard InChI is InChI=1S/C63H106O6/c1-4-7-10-13-16-19-22-25-28-30-32-35-38-41-44-47-50-53-56-62(65)68-59-60(58-67-61(64)55-52-49-46-43-40-37-34-27-24-21-18-15-12-9-6-3)69-63(66)57-54-51-48-45-42-39-36-33-31-29-26-23-20-17-14-11-8-5-2/h9,12,15-16,18-19,21-22,24-25,27-28,30,32,34-35,60H,4-8,10-11,13-14,17,20,23,26,29,31,33,36-59H2,1-3H3/b12-9-,18-15-,19-16-,24-21-,25-22-,30-28-,34-27-,35-32-. The van der Waals surface area contributed by atoms with Crippen molar-refractivity contribution in [3.63, 3.8) is 0 Å². The van der Waals surface area contributed by atoms with E-state index in [0.29, 0.717) is 19.3 Å². The van der Waals surface area contributed by atoms with E-state index in [1.54, 1.807) is 0 Å². The fraction of sp³-hybridized carbons (Fsp3) is 0.698. The predicted octanol–water partition coefficient (Wildman–Crippen LogP) is 19.3. The zero-order valence-corrected chi connectivity index (χ0v) is 45.0. The number of esters is 3. The van der Waals surface area contributed by atoms with Gasteiger partial charge in [0.2, 0.25) is 0 Å². The van der Waals surface area contributed by atoms with Gasteiger partial charge in [0.25, 0.3) is 0 Å². The van der Waals surface area contributed by atoms with Crippen LogP contribution in [0.4, 0.5) is 0 Å². The van der Waals surface area contributed by atoms with E-state index in [0.717, 1.165) is 109 Å². The number of carbonyl (C=O) groups is 3. The van der Waals surface area contributed by atoms with E-state index in [1.165, 1.54) is 116 Å². The van der Waals surface area contributed by atoms with E-state index < -0.39 is 6.10 Å². The van der Waals surface area contributed by atoms with E-state index in [1.807, 2.05) is 18.2 Å². The van der Waals surface area contributed by atoms with Gasteiger partial charge in [0.15, 0.2) is 6.10 Å². The highest BCUT2D eigenvalue weighted by atomic mass is 16.6. The van der Waals surface area contributed by atoms with Crippen LogP contribution in [0, 0.1) is 0 Å². The maximum Gasteiger partial charge on any atom is 0.306 e. The molecule has 6 heteroatoms. The molecule has 0 aliphatic carbocycles. The molecule has 0 aliphatic heterocycles. The number of unbranched alkanes of at least 4 members (excludes halogenated alkanes) is 30. The smallest absolute Gasteiger partial charge is 0.306 e. The summed E-state index contributed by atoms with van der Waals surface area (Å²) in [7, 11) is 0. The summed E-state index contributed by atoms with van der Waals surface area (Å²) in [6, 6.07) is 0. The first-order valence-corrected chi connectivity index (χ1v) is 28.8. The summed E-state index contributed by atoms with van der Waals surface area (Å²) >= 11 is 0. The van der Waals surface area contributed by atoms with Crippen molar-refractivity contribution in [3.8, 4) is 0 Å². The maximum absolute atomic E-state index is 12.9. The van der Waals surface area contributed by atoms with Crippen LogP contribution in [0.25, 0.3) is 0 Å². The zero-order valence-electron chi connectivity index (χ0n) is 45.0. The largest absolute Gasteiger partial charge is 0.462 e. The first kappa shape index (κ1) is 65.3. The van der Waals surface area contributed by atoms with Gasteiger partial charge in [0.1, 0.15) is 13.2 Å². The van der Waals surface area contributed by atoms with Crippen LogP contribution in [0.15, 0.2) is 97.2 Å². The minimum atomic E-state index is -0.797. The Hall–Kier alpha value is -3.67. The fourth-order valence-electron chi connectivity index (χ4n) is 7.94. The third-order valence-electron chi connectivity index (χ3n) is 12.3. The van der Waals surface area contributed by atoms with Gasteiger partial charge in [-0.15, -0.1) is 0 Å². The number of allylic oxidation sites excluding steroid dienone is 16. The third kappa shape index (κ3) is 55.1. The molecule has 69 heavy (non-hydrogen) atoms. The Morgan fingerprint density at radius 1 is 0.304 bits per heavy atom. The van der Waals surface area contributed by atoms with E-state index in [2.05, 4.69) is 99.8 Å². The van der Waals surface area contributed by atoms with Crippen molar-refractivity contribution in [2.24, 2.45) is 0 Å². The summed E-state index contributed by atoms with van der Waals surface area (Å²) < 4.78 is 16.8. The van der Waals surface area contributed by atoms with Crippen molar-refractivity contribution in [2.45, 2.75) is 271 Å². The van der Waals surface area contributed by atoms with Gasteiger partial charge in [-0.05, 0) is 64.2 Å². The van der Waals surface area contributed by atoms with Gasteiger partial charge in [-0.1, -0.05) is 279 Å². The number of rotatable bonds is 51. The Balaban J connectivity index is 4.46. The number of ether oxygens (including phenoxy) is 3. The lowest BCUT2D eigenvalue weighted by Gasteiger charge is -2.18. The molecule has 0 bridgehead atoms. The lowest BCUT2D eigenvalue weighted by Crippen LogP contribution is -2.30. The zero-order chi connectivity index (χ0) is 50.0. The number of carbonyl (C=O) groups excluding carboxylic acids is 3. The summed E-state index contributed by atoms with van der Waals surface area (Å²) in [5.41, 5.74) is 0. The lowest BCUT2D eigenvalue weighted by molar-refractivity contribution is -0.167. The quantitative estimate of drug-likeness (QED) is 0.0262. The van der Waals surface area contributed by atoms with Crippen LogP contribution in [0.3, 0.4) is 0 Å². The maximum atomic E-state index is 12.9. The van der Waals surface area contributed by atoms with Crippen molar-refractivity contribution < 1.29 is 28.6 Å². The lowest BCUT2D eigenvalue weighted by atomic mass is 10.0. The highest BCUT2D eigenvalue weighted by Crippen LogP contribution is 2.16. The van der Waals surface area contributed by atoms with Crippen LogP contribution in [0.2, 0.25) is 0 Å². The molecule has 0 spiro atoms. The van der Waals surface area contributed by atoms with Gasteiger partial charge in [-0.2, -0.15) is 0 Å².